The van der Waals surface area contributed by atoms with Gasteiger partial charge in [0.2, 0.25) is 0 Å². The highest BCUT2D eigenvalue weighted by Crippen LogP contribution is 2.18. The minimum atomic E-state index is -0.596. The van der Waals surface area contributed by atoms with E-state index in [1.807, 2.05) is 43.3 Å². The smallest absolute Gasteiger partial charge is 0.360 e. The Morgan fingerprint density at radius 3 is 2.55 bits per heavy atom. The number of hydrogen-bond donors (Lipinski definition) is 0. The average Bonchev–Trinajstić information content (AvgIpc) is 2.72. The Bertz CT molecular complexity index is 1000. The summed E-state index contributed by atoms with van der Waals surface area (Å²) < 4.78 is 5.88. The molecule has 150 valence electrons. The van der Waals surface area contributed by atoms with Crippen LogP contribution in [0.1, 0.15) is 29.2 Å². The van der Waals surface area contributed by atoms with Crippen molar-refractivity contribution in [3.05, 3.63) is 68.3 Å². The number of hydrogen-bond acceptors (Lipinski definition) is 6. The van der Waals surface area contributed by atoms with Gasteiger partial charge in [0.25, 0.3) is 0 Å². The first-order chi connectivity index (χ1) is 14.0. The number of oxime groups is 2. The van der Waals surface area contributed by atoms with Gasteiger partial charge < -0.3 is 14.4 Å². The van der Waals surface area contributed by atoms with Crippen LogP contribution in [0, 0.1) is 22.3 Å². The zero-order valence-electron chi connectivity index (χ0n) is 16.7. The summed E-state index contributed by atoms with van der Waals surface area (Å²) in [5.41, 5.74) is 3.79. The van der Waals surface area contributed by atoms with Crippen molar-refractivity contribution in [1.82, 2.24) is 0 Å². The van der Waals surface area contributed by atoms with Crippen molar-refractivity contribution in [3.63, 3.8) is 0 Å². The van der Waals surface area contributed by atoms with Gasteiger partial charge in [0.1, 0.15) is 19.4 Å². The highest BCUT2D eigenvalue weighted by molar-refractivity contribution is 14.1. The molecule has 2 aromatic rings. The summed E-state index contributed by atoms with van der Waals surface area (Å²) in [5.74, 6) is 5.46. The van der Waals surface area contributed by atoms with Crippen molar-refractivity contribution >= 4 is 40.0 Å². The van der Waals surface area contributed by atoms with Crippen LogP contribution in [0.4, 0.5) is 0 Å². The van der Waals surface area contributed by atoms with Gasteiger partial charge in [-0.1, -0.05) is 46.6 Å². The minimum absolute atomic E-state index is 0.0662. The Kier molecular flexibility index (Phi) is 8.68. The van der Waals surface area contributed by atoms with Crippen LogP contribution in [0.5, 0.6) is 0 Å². The van der Waals surface area contributed by atoms with Gasteiger partial charge in [0, 0.05) is 20.3 Å². The topological polar surface area (TPSA) is 69.5 Å². The molecule has 29 heavy (non-hydrogen) atoms. The van der Waals surface area contributed by atoms with E-state index >= 15 is 0 Å². The number of methoxy groups -OCH3 is 1. The van der Waals surface area contributed by atoms with Crippen LogP contribution in [-0.2, 0) is 25.8 Å². The summed E-state index contributed by atoms with van der Waals surface area (Å²) >= 11 is 2.24. The van der Waals surface area contributed by atoms with Gasteiger partial charge in [-0.25, -0.2) is 4.79 Å². The lowest BCUT2D eigenvalue weighted by Crippen LogP contribution is -2.20. The van der Waals surface area contributed by atoms with E-state index in [4.69, 9.17) is 14.4 Å². The number of rotatable bonds is 6. The number of carbonyl (C=O) groups excluding carboxylic acids is 1. The molecule has 0 heterocycles. The highest BCUT2D eigenvalue weighted by Gasteiger charge is 2.20. The van der Waals surface area contributed by atoms with Crippen molar-refractivity contribution in [2.45, 2.75) is 20.5 Å². The second-order valence-electron chi connectivity index (χ2n) is 5.90. The number of benzene rings is 2. The second kappa shape index (κ2) is 11.2. The standard InChI is InChI=1S/C22H21IN2O4/c1-15-8-7-10-18(21(25-28-4)22(26)27-3)19(15)14-29-24-16(2)12-13-17-9-5-6-11-20(17)23/h5-11H,14H2,1-4H3/b24-16+,25-21+. The molecule has 0 amide bonds. The van der Waals surface area contributed by atoms with Crippen LogP contribution in [0.2, 0.25) is 0 Å². The van der Waals surface area contributed by atoms with Gasteiger partial charge in [0.05, 0.1) is 7.11 Å². The molecule has 0 aromatic heterocycles. The van der Waals surface area contributed by atoms with E-state index in [2.05, 4.69) is 44.7 Å². The van der Waals surface area contributed by atoms with Crippen LogP contribution in [0.15, 0.2) is 52.8 Å². The Labute approximate surface area is 184 Å². The largest absolute Gasteiger partial charge is 0.464 e. The molecule has 2 rings (SSSR count). The van der Waals surface area contributed by atoms with Crippen molar-refractivity contribution in [2.24, 2.45) is 10.3 Å². The molecule has 7 heteroatoms. The van der Waals surface area contributed by atoms with Gasteiger partial charge >= 0.3 is 5.97 Å². The van der Waals surface area contributed by atoms with Crippen molar-refractivity contribution in [1.29, 1.82) is 0 Å². The Balaban J connectivity index is 2.21. The third kappa shape index (κ3) is 6.32. The van der Waals surface area contributed by atoms with Gasteiger partial charge in [-0.2, -0.15) is 0 Å². The number of aryl methyl sites for hydroxylation is 1. The molecule has 0 saturated heterocycles. The maximum Gasteiger partial charge on any atom is 0.360 e. The lowest BCUT2D eigenvalue weighted by Gasteiger charge is -2.12. The van der Waals surface area contributed by atoms with E-state index in [0.717, 1.165) is 20.3 Å². The van der Waals surface area contributed by atoms with Gasteiger partial charge in [-0.3, -0.25) is 0 Å². The van der Waals surface area contributed by atoms with Gasteiger partial charge in [-0.15, -0.1) is 0 Å². The molecule has 0 spiro atoms. The number of esters is 1. The van der Waals surface area contributed by atoms with Crippen LogP contribution in [0.3, 0.4) is 0 Å². The Morgan fingerprint density at radius 1 is 1.10 bits per heavy atom. The van der Waals surface area contributed by atoms with E-state index in [-0.39, 0.29) is 12.3 Å². The lowest BCUT2D eigenvalue weighted by molar-refractivity contribution is -0.132. The average molecular weight is 504 g/mol. The highest BCUT2D eigenvalue weighted by atomic mass is 127. The van der Waals surface area contributed by atoms with Crippen molar-refractivity contribution in [3.8, 4) is 11.8 Å². The summed E-state index contributed by atoms with van der Waals surface area (Å²) in [7, 11) is 2.66. The lowest BCUT2D eigenvalue weighted by atomic mass is 9.99. The summed E-state index contributed by atoms with van der Waals surface area (Å²) in [5, 5.41) is 7.88. The maximum absolute atomic E-state index is 12.1. The Morgan fingerprint density at radius 2 is 1.86 bits per heavy atom. The molecule has 0 bridgehead atoms. The van der Waals surface area contributed by atoms with Crippen LogP contribution in [0.25, 0.3) is 0 Å². The summed E-state index contributed by atoms with van der Waals surface area (Å²) in [6, 6.07) is 13.3. The number of halogens is 1. The number of ether oxygens (including phenoxy) is 1. The molecule has 0 unspecified atom stereocenters. The van der Waals surface area contributed by atoms with Crippen LogP contribution in [-0.4, -0.2) is 31.6 Å². The summed E-state index contributed by atoms with van der Waals surface area (Å²) in [6.07, 6.45) is 0. The molecule has 0 N–H and O–H groups in total. The van der Waals surface area contributed by atoms with Crippen molar-refractivity contribution < 1.29 is 19.2 Å². The second-order valence-corrected chi connectivity index (χ2v) is 7.06. The van der Waals surface area contributed by atoms with E-state index in [1.165, 1.54) is 14.2 Å². The Hall–Kier alpha value is -2.86. The summed E-state index contributed by atoms with van der Waals surface area (Å²) in [6.45, 7) is 3.83. The molecule has 0 saturated carbocycles. The normalized spacial score (nSPS) is 11.3. The number of nitrogens with zero attached hydrogens (tertiary/aromatic N) is 2. The fraction of sp³-hybridized carbons (Fsp3) is 0.227. The third-order valence-corrected chi connectivity index (χ3v) is 4.83. The fourth-order valence-corrected chi connectivity index (χ4v) is 2.96. The molecule has 0 atom stereocenters. The molecule has 0 aliphatic heterocycles. The minimum Gasteiger partial charge on any atom is -0.464 e. The summed E-state index contributed by atoms with van der Waals surface area (Å²) in [4.78, 5) is 22.4. The van der Waals surface area contributed by atoms with E-state index in [9.17, 15) is 4.79 Å². The molecule has 0 aliphatic rings. The predicted octanol–water partition coefficient (Wildman–Crippen LogP) is 4.07. The first-order valence-corrected chi connectivity index (χ1v) is 9.77. The molecule has 0 aliphatic carbocycles. The van der Waals surface area contributed by atoms with Gasteiger partial charge in [0.15, 0.2) is 5.71 Å². The van der Waals surface area contributed by atoms with Crippen molar-refractivity contribution in [2.75, 3.05) is 14.2 Å². The molecule has 0 fully saturated rings. The monoisotopic (exact) mass is 504 g/mol. The van der Waals surface area contributed by atoms with Crippen LogP contribution >= 0.6 is 22.6 Å². The van der Waals surface area contributed by atoms with E-state index in [1.54, 1.807) is 13.0 Å². The molecule has 0 radical (unpaired) electrons. The molecule has 2 aromatic carbocycles. The predicted molar refractivity (Wildman–Crippen MR) is 121 cm³/mol. The van der Waals surface area contributed by atoms with E-state index in [0.29, 0.717) is 11.3 Å². The number of carbonyl (C=O) groups is 1. The quantitative estimate of drug-likeness (QED) is 0.196. The molecule has 6 nitrogen and oxygen atoms in total. The zero-order valence-corrected chi connectivity index (χ0v) is 18.8. The third-order valence-electron chi connectivity index (χ3n) is 3.89. The maximum atomic E-state index is 12.1. The molecular weight excluding hydrogens is 483 g/mol. The van der Waals surface area contributed by atoms with Crippen LogP contribution < -0.4 is 0 Å². The van der Waals surface area contributed by atoms with E-state index < -0.39 is 5.97 Å². The fourth-order valence-electron chi connectivity index (χ4n) is 2.44. The molecular formula is C22H21IN2O4. The van der Waals surface area contributed by atoms with Gasteiger partial charge in [-0.05, 0) is 60.1 Å². The zero-order chi connectivity index (χ0) is 21.2. The first-order valence-electron chi connectivity index (χ1n) is 8.69. The SMILES string of the molecule is CO/N=C(/C(=O)OC)c1cccc(C)c1CO/N=C(\C)C#Cc1ccccc1I. The first kappa shape index (κ1) is 22.4.